The average molecular weight is 397 g/mol. The number of para-hydroxylation sites is 1. The summed E-state index contributed by atoms with van der Waals surface area (Å²) in [5.41, 5.74) is 3.05. The van der Waals surface area contributed by atoms with Crippen LogP contribution in [0.1, 0.15) is 36.5 Å². The van der Waals surface area contributed by atoms with E-state index in [9.17, 15) is 18.0 Å². The molecule has 0 aromatic heterocycles. The monoisotopic (exact) mass is 397 g/mol. The molecule has 1 heterocycles. The predicted molar refractivity (Wildman–Crippen MR) is 105 cm³/mol. The number of fused-ring (bicyclic) bond motifs is 2. The molecular weight excluding hydrogens is 378 g/mol. The number of carbonyl (C=O) groups excluding carboxylic acids is 2. The third kappa shape index (κ3) is 4.30. The van der Waals surface area contributed by atoms with E-state index in [0.717, 1.165) is 18.1 Å². The molecule has 7 heteroatoms. The lowest BCUT2D eigenvalue weighted by atomic mass is 10.0. The zero-order chi connectivity index (χ0) is 20.3. The predicted octanol–water partition coefficient (Wildman–Crippen LogP) is 2.56. The molecule has 1 N–H and O–H groups in total. The topological polar surface area (TPSA) is 91.8 Å². The highest BCUT2D eigenvalue weighted by molar-refractivity contribution is 7.87. The van der Waals surface area contributed by atoms with Gasteiger partial charge in [0.1, 0.15) is 5.25 Å². The second-order valence-corrected chi connectivity index (χ2v) is 8.26. The van der Waals surface area contributed by atoms with Crippen LogP contribution in [-0.4, -0.2) is 29.9 Å². The van der Waals surface area contributed by atoms with Crippen molar-refractivity contribution in [3.05, 3.63) is 65.2 Å². The Morgan fingerprint density at radius 2 is 1.64 bits per heavy atom. The van der Waals surface area contributed by atoms with Crippen LogP contribution in [0.4, 0.5) is 5.69 Å². The normalized spacial score (nSPS) is 13.9. The summed E-state index contributed by atoms with van der Waals surface area (Å²) in [5, 5.41) is -1.55. The minimum atomic E-state index is -4.47. The van der Waals surface area contributed by atoms with Gasteiger partial charge in [-0.25, -0.2) is 0 Å². The fourth-order valence-corrected chi connectivity index (χ4v) is 3.39. The molecule has 0 saturated carbocycles. The van der Waals surface area contributed by atoms with Crippen LogP contribution in [0.15, 0.2) is 48.5 Å². The second-order valence-electron chi connectivity index (χ2n) is 6.53. The van der Waals surface area contributed by atoms with E-state index in [1.807, 2.05) is 36.4 Å². The summed E-state index contributed by atoms with van der Waals surface area (Å²) in [6, 6.07) is 14.8. The summed E-state index contributed by atoms with van der Waals surface area (Å²) >= 11 is 0. The summed E-state index contributed by atoms with van der Waals surface area (Å²) in [5.74, 6) is 5.20. The Morgan fingerprint density at radius 3 is 2.36 bits per heavy atom. The molecule has 6 nitrogen and oxygen atoms in total. The zero-order valence-electron chi connectivity index (χ0n) is 15.3. The number of carbonyl (C=O) groups is 2. The van der Waals surface area contributed by atoms with Gasteiger partial charge in [0, 0.05) is 24.0 Å². The zero-order valence-corrected chi connectivity index (χ0v) is 16.1. The van der Waals surface area contributed by atoms with Gasteiger partial charge in [-0.15, -0.1) is 0 Å². The van der Waals surface area contributed by atoms with Crippen LogP contribution in [0.5, 0.6) is 0 Å². The number of hydrogen-bond donors (Lipinski definition) is 1. The number of nitrogens with zero attached hydrogens (tertiary/aromatic N) is 1. The van der Waals surface area contributed by atoms with Crippen molar-refractivity contribution < 1.29 is 22.6 Å². The Hall–Kier alpha value is -2.95. The molecule has 144 valence electrons. The van der Waals surface area contributed by atoms with E-state index in [2.05, 4.69) is 11.8 Å². The molecular formula is C21H19NO5S. The van der Waals surface area contributed by atoms with E-state index in [1.165, 1.54) is 0 Å². The number of amides is 1. The molecule has 1 amide bonds. The number of anilines is 1. The lowest BCUT2D eigenvalue weighted by Crippen LogP contribution is -2.33. The standard InChI is InChI=1S/C21H19NO5S/c1-15(28(25,26)27)20(23)12-13-21(24)22-14-18-8-3-2-6-16(18)10-11-17-7-4-5-9-19(17)22/h2-9,15H,12-14H2,1H3,(H,25,26,27). The first kappa shape index (κ1) is 19.8. The van der Waals surface area contributed by atoms with Crippen molar-refractivity contribution in [2.24, 2.45) is 0 Å². The van der Waals surface area contributed by atoms with Crippen molar-refractivity contribution in [2.75, 3.05) is 4.90 Å². The molecule has 1 unspecified atom stereocenters. The average Bonchev–Trinajstić information content (AvgIpc) is 2.66. The highest BCUT2D eigenvalue weighted by atomic mass is 32.2. The van der Waals surface area contributed by atoms with Crippen molar-refractivity contribution in [3.8, 4) is 11.8 Å². The van der Waals surface area contributed by atoms with Gasteiger partial charge in [-0.3, -0.25) is 14.1 Å². The molecule has 2 aromatic carbocycles. The van der Waals surface area contributed by atoms with Crippen LogP contribution in [0, 0.1) is 11.8 Å². The van der Waals surface area contributed by atoms with E-state index < -0.39 is 21.2 Å². The molecule has 0 bridgehead atoms. The van der Waals surface area contributed by atoms with Crippen molar-refractivity contribution >= 4 is 27.5 Å². The molecule has 0 aliphatic carbocycles. The fourth-order valence-electron chi connectivity index (χ4n) is 2.94. The SMILES string of the molecule is CC(C(=O)CCC(=O)N1Cc2ccccc2C#Cc2ccccc21)S(=O)(=O)O. The molecule has 0 fully saturated rings. The second kappa shape index (κ2) is 7.97. The molecule has 0 radical (unpaired) electrons. The van der Waals surface area contributed by atoms with E-state index in [0.29, 0.717) is 17.8 Å². The Kier molecular flexibility index (Phi) is 5.63. The molecule has 2 aromatic rings. The van der Waals surface area contributed by atoms with Crippen molar-refractivity contribution in [1.29, 1.82) is 0 Å². The molecule has 28 heavy (non-hydrogen) atoms. The van der Waals surface area contributed by atoms with Crippen LogP contribution in [0.3, 0.4) is 0 Å². The lowest BCUT2D eigenvalue weighted by molar-refractivity contribution is -0.123. The summed E-state index contributed by atoms with van der Waals surface area (Å²) in [7, 11) is -4.47. The summed E-state index contributed by atoms with van der Waals surface area (Å²) in [4.78, 5) is 26.5. The molecule has 0 spiro atoms. The quantitative estimate of drug-likeness (QED) is 0.618. The van der Waals surface area contributed by atoms with Crippen LogP contribution in [-0.2, 0) is 26.3 Å². The summed E-state index contributed by atoms with van der Waals surface area (Å²) in [6.07, 6.45) is -0.436. The minimum Gasteiger partial charge on any atom is -0.307 e. The number of benzene rings is 2. The van der Waals surface area contributed by atoms with Crippen LogP contribution < -0.4 is 4.90 Å². The third-order valence-corrected chi connectivity index (χ3v) is 5.82. The molecule has 3 rings (SSSR count). The Balaban J connectivity index is 1.88. The maximum atomic E-state index is 12.9. The number of ketones is 1. The molecule has 1 aliphatic rings. The maximum Gasteiger partial charge on any atom is 0.274 e. The van der Waals surface area contributed by atoms with Gasteiger partial charge in [0.25, 0.3) is 10.1 Å². The smallest absolute Gasteiger partial charge is 0.274 e. The van der Waals surface area contributed by atoms with Crippen molar-refractivity contribution in [2.45, 2.75) is 31.6 Å². The van der Waals surface area contributed by atoms with Crippen molar-refractivity contribution in [1.82, 2.24) is 0 Å². The van der Waals surface area contributed by atoms with E-state index in [4.69, 9.17) is 4.55 Å². The Labute approximate surface area is 163 Å². The van der Waals surface area contributed by atoms with E-state index in [1.54, 1.807) is 17.0 Å². The van der Waals surface area contributed by atoms with Gasteiger partial charge in [0.05, 0.1) is 12.2 Å². The van der Waals surface area contributed by atoms with Gasteiger partial charge in [0.15, 0.2) is 5.78 Å². The first-order valence-corrected chi connectivity index (χ1v) is 10.3. The Bertz CT molecular complexity index is 1100. The fraction of sp³-hybridized carbons (Fsp3) is 0.238. The van der Waals surface area contributed by atoms with Crippen LogP contribution in [0.2, 0.25) is 0 Å². The van der Waals surface area contributed by atoms with E-state index >= 15 is 0 Å². The molecule has 1 atom stereocenters. The van der Waals surface area contributed by atoms with Gasteiger partial charge in [-0.1, -0.05) is 42.2 Å². The highest BCUT2D eigenvalue weighted by Crippen LogP contribution is 2.26. The maximum absolute atomic E-state index is 12.9. The highest BCUT2D eigenvalue weighted by Gasteiger charge is 2.27. The number of Topliss-reactive ketones (excluding diaryl/α,β-unsaturated/α-hetero) is 1. The third-order valence-electron chi connectivity index (χ3n) is 4.66. The van der Waals surface area contributed by atoms with Gasteiger partial charge in [0.2, 0.25) is 5.91 Å². The van der Waals surface area contributed by atoms with Crippen LogP contribution in [0.25, 0.3) is 0 Å². The van der Waals surface area contributed by atoms with Gasteiger partial charge >= 0.3 is 0 Å². The minimum absolute atomic E-state index is 0.164. The van der Waals surface area contributed by atoms with Gasteiger partial charge in [-0.2, -0.15) is 8.42 Å². The summed E-state index contributed by atoms with van der Waals surface area (Å²) < 4.78 is 31.3. The number of hydrogen-bond acceptors (Lipinski definition) is 4. The van der Waals surface area contributed by atoms with Crippen molar-refractivity contribution in [3.63, 3.8) is 0 Å². The van der Waals surface area contributed by atoms with Gasteiger partial charge < -0.3 is 4.90 Å². The van der Waals surface area contributed by atoms with E-state index in [-0.39, 0.29) is 18.7 Å². The van der Waals surface area contributed by atoms with Crippen LogP contribution >= 0.6 is 0 Å². The number of rotatable bonds is 5. The first-order valence-electron chi connectivity index (χ1n) is 8.75. The molecule has 1 aliphatic heterocycles. The summed E-state index contributed by atoms with van der Waals surface area (Å²) in [6.45, 7) is 1.40. The lowest BCUT2D eigenvalue weighted by Gasteiger charge is -2.26. The first-order chi connectivity index (χ1) is 13.3. The molecule has 0 saturated heterocycles. The largest absolute Gasteiger partial charge is 0.307 e. The Morgan fingerprint density at radius 1 is 1.04 bits per heavy atom. The van der Waals surface area contributed by atoms with Gasteiger partial charge in [-0.05, 0) is 30.7 Å².